The first kappa shape index (κ1) is 31.9. The first-order valence-electron chi connectivity index (χ1n) is 13.5. The van der Waals surface area contributed by atoms with E-state index in [1.54, 1.807) is 0 Å². The highest BCUT2D eigenvalue weighted by atomic mass is 32.2. The molecule has 0 aliphatic rings. The molecule has 0 amide bonds. The van der Waals surface area contributed by atoms with Crippen LogP contribution in [0.25, 0.3) is 0 Å². The lowest BCUT2D eigenvalue weighted by Crippen LogP contribution is -2.34. The number of aliphatic carboxylic acids is 2. The van der Waals surface area contributed by atoms with Gasteiger partial charge in [-0.3, -0.25) is 9.59 Å². The minimum absolute atomic E-state index is 0.254. The molecular formula is C26H50O6S. The van der Waals surface area contributed by atoms with Gasteiger partial charge in [-0.1, -0.05) is 129 Å². The predicted octanol–water partition coefficient (Wildman–Crippen LogP) is 7.15. The Labute approximate surface area is 202 Å². The van der Waals surface area contributed by atoms with Crippen LogP contribution in [0.5, 0.6) is 0 Å². The summed E-state index contributed by atoms with van der Waals surface area (Å²) in [5.41, 5.74) is 0. The zero-order valence-corrected chi connectivity index (χ0v) is 21.9. The molecule has 0 aliphatic carbocycles. The quantitative estimate of drug-likeness (QED) is 0.131. The van der Waals surface area contributed by atoms with E-state index in [1.165, 1.54) is 96.3 Å². The van der Waals surface area contributed by atoms with Crippen LogP contribution in [0.1, 0.15) is 142 Å². The van der Waals surface area contributed by atoms with Crippen molar-refractivity contribution in [1.29, 1.82) is 0 Å². The number of unbranched alkanes of at least 4 members (excludes halogenated alkanes) is 19. The summed E-state index contributed by atoms with van der Waals surface area (Å²) in [6, 6.07) is 0. The maximum atomic E-state index is 12.1. The van der Waals surface area contributed by atoms with Crippen molar-refractivity contribution < 1.29 is 28.2 Å². The van der Waals surface area contributed by atoms with Gasteiger partial charge in [0.1, 0.15) is 0 Å². The molecule has 0 aromatic carbocycles. The fourth-order valence-electron chi connectivity index (χ4n) is 4.23. The van der Waals surface area contributed by atoms with Crippen molar-refractivity contribution in [3.8, 4) is 0 Å². The van der Waals surface area contributed by atoms with Crippen molar-refractivity contribution in [2.45, 2.75) is 147 Å². The topological polar surface area (TPSA) is 109 Å². The molecule has 2 N–H and O–H groups in total. The average molecular weight is 491 g/mol. The maximum absolute atomic E-state index is 12.1. The molecule has 0 rings (SSSR count). The summed E-state index contributed by atoms with van der Waals surface area (Å²) in [5, 5.41) is 15.9. The molecular weight excluding hydrogens is 440 g/mol. The normalized spacial score (nSPS) is 12.6. The summed E-state index contributed by atoms with van der Waals surface area (Å²) in [6.07, 6.45) is 23.8. The van der Waals surface area contributed by atoms with Crippen molar-refractivity contribution in [2.24, 2.45) is 0 Å². The molecule has 6 nitrogen and oxygen atoms in total. The van der Waals surface area contributed by atoms with Gasteiger partial charge >= 0.3 is 11.9 Å². The zero-order chi connectivity index (χ0) is 24.8. The Morgan fingerprint density at radius 1 is 0.576 bits per heavy atom. The number of rotatable bonds is 25. The minimum atomic E-state index is -3.92. The van der Waals surface area contributed by atoms with Crippen molar-refractivity contribution in [1.82, 2.24) is 0 Å². The van der Waals surface area contributed by atoms with E-state index in [1.807, 2.05) is 0 Å². The van der Waals surface area contributed by atoms with Crippen molar-refractivity contribution in [3.63, 3.8) is 0 Å². The van der Waals surface area contributed by atoms with Crippen molar-refractivity contribution >= 4 is 21.8 Å². The lowest BCUT2D eigenvalue weighted by molar-refractivity contribution is -0.143. The summed E-state index contributed by atoms with van der Waals surface area (Å²) in [6.45, 7) is 2.26. The number of carbonyl (C=O) groups is 2. The zero-order valence-electron chi connectivity index (χ0n) is 21.1. The van der Waals surface area contributed by atoms with E-state index in [0.29, 0.717) is 6.42 Å². The molecule has 1 atom stereocenters. The van der Waals surface area contributed by atoms with Gasteiger partial charge in [-0.2, -0.15) is 0 Å². The summed E-state index contributed by atoms with van der Waals surface area (Å²) in [7, 11) is -3.92. The van der Waals surface area contributed by atoms with Gasteiger partial charge in [0.15, 0.2) is 15.1 Å². The molecule has 33 heavy (non-hydrogen) atoms. The Morgan fingerprint density at radius 2 is 0.879 bits per heavy atom. The highest BCUT2D eigenvalue weighted by Crippen LogP contribution is 2.16. The highest BCUT2D eigenvalue weighted by Gasteiger charge is 2.34. The number of hydrogen-bond acceptors (Lipinski definition) is 4. The molecule has 0 aliphatic heterocycles. The molecule has 1 unspecified atom stereocenters. The molecule has 0 fully saturated rings. The molecule has 196 valence electrons. The van der Waals surface area contributed by atoms with Gasteiger partial charge in [0.05, 0.1) is 12.2 Å². The van der Waals surface area contributed by atoms with Crippen molar-refractivity contribution in [3.05, 3.63) is 0 Å². The molecule has 7 heteroatoms. The Morgan fingerprint density at radius 3 is 1.15 bits per heavy atom. The minimum Gasteiger partial charge on any atom is -0.481 e. The fraction of sp³-hybridized carbons (Fsp3) is 0.923. The summed E-state index contributed by atoms with van der Waals surface area (Å²) in [5.74, 6) is -3.24. The van der Waals surface area contributed by atoms with Gasteiger partial charge < -0.3 is 10.2 Å². The number of hydrogen-bond donors (Lipinski definition) is 2. The third-order valence-electron chi connectivity index (χ3n) is 6.35. The summed E-state index contributed by atoms with van der Waals surface area (Å²) >= 11 is 0. The van der Waals surface area contributed by atoms with Crippen LogP contribution in [0, 0.1) is 0 Å². The van der Waals surface area contributed by atoms with E-state index in [9.17, 15) is 18.0 Å². The maximum Gasteiger partial charge on any atom is 0.322 e. The SMILES string of the molecule is CCCCCCCCCCCCCCCCCCCCCCS(=O)(=O)C(CC(=O)O)C(=O)O. The average Bonchev–Trinajstić information content (AvgIpc) is 2.75. The standard InChI is InChI=1S/C26H50O6S/c1-2-3-4-5-6-7-8-9-10-11-12-13-14-15-16-17-18-19-20-21-22-33(31,32)24(26(29)30)23-25(27)28/h24H,2-23H2,1H3,(H,27,28)(H,29,30). The number of carboxylic acid groups (broad SMARTS) is 2. The van der Waals surface area contributed by atoms with E-state index in [2.05, 4.69) is 6.92 Å². The van der Waals surface area contributed by atoms with Crippen LogP contribution in [-0.4, -0.2) is 41.6 Å². The van der Waals surface area contributed by atoms with Crippen LogP contribution < -0.4 is 0 Å². The van der Waals surface area contributed by atoms with E-state index in [4.69, 9.17) is 10.2 Å². The van der Waals surface area contributed by atoms with Gasteiger partial charge in [0.2, 0.25) is 0 Å². The second-order valence-electron chi connectivity index (χ2n) is 9.51. The molecule has 0 spiro atoms. The van der Waals surface area contributed by atoms with E-state index in [-0.39, 0.29) is 5.75 Å². The molecule has 0 heterocycles. The van der Waals surface area contributed by atoms with Gasteiger partial charge in [0.25, 0.3) is 0 Å². The Bertz CT molecular complexity index is 588. The molecule has 0 saturated carbocycles. The van der Waals surface area contributed by atoms with Crippen LogP contribution in [0.2, 0.25) is 0 Å². The van der Waals surface area contributed by atoms with Gasteiger partial charge in [-0.25, -0.2) is 8.42 Å². The highest BCUT2D eigenvalue weighted by molar-refractivity contribution is 7.92. The third kappa shape index (κ3) is 20.0. The molecule has 0 radical (unpaired) electrons. The first-order chi connectivity index (χ1) is 15.8. The first-order valence-corrected chi connectivity index (χ1v) is 15.2. The van der Waals surface area contributed by atoms with Crippen LogP contribution in [-0.2, 0) is 19.4 Å². The second kappa shape index (κ2) is 21.4. The largest absolute Gasteiger partial charge is 0.481 e. The smallest absolute Gasteiger partial charge is 0.322 e. The molecule has 0 aromatic heterocycles. The van der Waals surface area contributed by atoms with Gasteiger partial charge in [-0.05, 0) is 6.42 Å². The van der Waals surface area contributed by atoms with Gasteiger partial charge in [0, 0.05) is 0 Å². The Hall–Kier alpha value is -1.11. The molecule has 0 saturated heterocycles. The lowest BCUT2D eigenvalue weighted by Gasteiger charge is -2.11. The van der Waals surface area contributed by atoms with Crippen LogP contribution >= 0.6 is 0 Å². The molecule has 0 bridgehead atoms. The third-order valence-corrected chi connectivity index (χ3v) is 8.44. The number of carboxylic acids is 2. The Kier molecular flexibility index (Phi) is 20.7. The lowest BCUT2D eigenvalue weighted by atomic mass is 10.0. The Balaban J connectivity index is 3.45. The van der Waals surface area contributed by atoms with Crippen LogP contribution in [0.4, 0.5) is 0 Å². The second-order valence-corrected chi connectivity index (χ2v) is 11.8. The van der Waals surface area contributed by atoms with E-state index in [0.717, 1.165) is 25.7 Å². The van der Waals surface area contributed by atoms with Gasteiger partial charge in [-0.15, -0.1) is 0 Å². The van der Waals surface area contributed by atoms with Crippen LogP contribution in [0.15, 0.2) is 0 Å². The van der Waals surface area contributed by atoms with E-state index < -0.39 is 33.4 Å². The van der Waals surface area contributed by atoms with Crippen molar-refractivity contribution in [2.75, 3.05) is 5.75 Å². The monoisotopic (exact) mass is 490 g/mol. The summed E-state index contributed by atoms with van der Waals surface area (Å²) < 4.78 is 24.1. The molecule has 0 aromatic rings. The summed E-state index contributed by atoms with van der Waals surface area (Å²) in [4.78, 5) is 21.7. The fourth-order valence-corrected chi connectivity index (χ4v) is 5.82. The predicted molar refractivity (Wildman–Crippen MR) is 135 cm³/mol. The van der Waals surface area contributed by atoms with Crippen LogP contribution in [0.3, 0.4) is 0 Å². The van der Waals surface area contributed by atoms with E-state index >= 15 is 0 Å². The number of sulfone groups is 1.